The van der Waals surface area contributed by atoms with Crippen molar-refractivity contribution in [3.8, 4) is 0 Å². The maximum atomic E-state index is 5.43. The van der Waals surface area contributed by atoms with Gasteiger partial charge in [-0.15, -0.1) is 0 Å². The van der Waals surface area contributed by atoms with Crippen LogP contribution in [0, 0.1) is 24.7 Å². The summed E-state index contributed by atoms with van der Waals surface area (Å²) in [5.41, 5.74) is 1.29. The molecule has 2 aliphatic rings. The van der Waals surface area contributed by atoms with Crippen molar-refractivity contribution in [1.29, 1.82) is 0 Å². The number of hydrogen-bond acceptors (Lipinski definition) is 3. The molecular weight excluding hydrogens is 206 g/mol. The summed E-state index contributed by atoms with van der Waals surface area (Å²) in [5.74, 6) is 6.50. The van der Waals surface area contributed by atoms with E-state index < -0.39 is 0 Å². The first-order chi connectivity index (χ1) is 7.36. The molecular formula is C12H17NOS. The lowest BCUT2D eigenvalue weighted by atomic mass is 10.3. The molecule has 3 heteroatoms. The molecule has 1 saturated heterocycles. The van der Waals surface area contributed by atoms with E-state index >= 15 is 0 Å². The summed E-state index contributed by atoms with van der Waals surface area (Å²) >= 11 is 2.03. The lowest BCUT2D eigenvalue weighted by Crippen LogP contribution is -2.15. The molecule has 0 spiro atoms. The number of hydrogen-bond donors (Lipinski definition) is 1. The van der Waals surface area contributed by atoms with Crippen LogP contribution in [0.4, 0.5) is 0 Å². The third kappa shape index (κ3) is 1.83. The van der Waals surface area contributed by atoms with Gasteiger partial charge in [0.1, 0.15) is 5.76 Å². The van der Waals surface area contributed by atoms with Crippen LogP contribution >= 0.6 is 11.8 Å². The van der Waals surface area contributed by atoms with E-state index in [9.17, 15) is 0 Å². The SMILES string of the molecule is Cc1ccoc1CSCC1C2CNCC21. The van der Waals surface area contributed by atoms with Gasteiger partial charge in [0.2, 0.25) is 0 Å². The molecule has 1 aromatic rings. The van der Waals surface area contributed by atoms with Crippen LogP contribution < -0.4 is 5.32 Å². The van der Waals surface area contributed by atoms with E-state index in [0.29, 0.717) is 0 Å². The molecule has 1 N–H and O–H groups in total. The Bertz CT molecular complexity index is 339. The van der Waals surface area contributed by atoms with E-state index in [2.05, 4.69) is 12.2 Å². The number of thioether (sulfide) groups is 1. The molecule has 0 radical (unpaired) electrons. The molecule has 1 aliphatic carbocycles. The topological polar surface area (TPSA) is 25.2 Å². The van der Waals surface area contributed by atoms with Gasteiger partial charge in [-0.05, 0) is 55.1 Å². The first-order valence-electron chi connectivity index (χ1n) is 5.67. The smallest absolute Gasteiger partial charge is 0.116 e. The summed E-state index contributed by atoms with van der Waals surface area (Å²) in [6.07, 6.45) is 1.79. The van der Waals surface area contributed by atoms with Crippen molar-refractivity contribution in [3.63, 3.8) is 0 Å². The van der Waals surface area contributed by atoms with Crippen LogP contribution in [0.25, 0.3) is 0 Å². The van der Waals surface area contributed by atoms with Gasteiger partial charge < -0.3 is 9.73 Å². The van der Waals surface area contributed by atoms with E-state index in [1.54, 1.807) is 6.26 Å². The maximum absolute atomic E-state index is 5.43. The van der Waals surface area contributed by atoms with Gasteiger partial charge in [-0.3, -0.25) is 0 Å². The van der Waals surface area contributed by atoms with Gasteiger partial charge in [0.15, 0.2) is 0 Å². The highest BCUT2D eigenvalue weighted by Crippen LogP contribution is 2.50. The normalized spacial score (nSPS) is 33.0. The third-order valence-corrected chi connectivity index (χ3v) is 4.87. The van der Waals surface area contributed by atoms with Crippen molar-refractivity contribution in [1.82, 2.24) is 5.32 Å². The molecule has 2 nitrogen and oxygen atoms in total. The summed E-state index contributed by atoms with van der Waals surface area (Å²) in [6.45, 7) is 4.64. The molecule has 1 saturated carbocycles. The van der Waals surface area contributed by atoms with Gasteiger partial charge in [-0.1, -0.05) is 0 Å². The number of aryl methyl sites for hydroxylation is 1. The Morgan fingerprint density at radius 3 is 2.93 bits per heavy atom. The first kappa shape index (κ1) is 9.79. The second-order valence-electron chi connectivity index (χ2n) is 4.69. The van der Waals surface area contributed by atoms with Crippen LogP contribution in [0.5, 0.6) is 0 Å². The molecule has 2 heterocycles. The predicted molar refractivity (Wildman–Crippen MR) is 62.9 cm³/mol. The number of piperidine rings is 1. The fourth-order valence-corrected chi connectivity index (χ4v) is 4.00. The van der Waals surface area contributed by atoms with Crippen molar-refractivity contribution >= 4 is 11.8 Å². The lowest BCUT2D eigenvalue weighted by Gasteiger charge is -2.03. The largest absolute Gasteiger partial charge is 0.468 e. The third-order valence-electron chi connectivity index (χ3n) is 3.78. The fourth-order valence-electron chi connectivity index (χ4n) is 2.63. The van der Waals surface area contributed by atoms with Crippen LogP contribution in [0.15, 0.2) is 16.7 Å². The molecule has 1 aliphatic heterocycles. The summed E-state index contributed by atoms with van der Waals surface area (Å²) in [5, 5.41) is 3.44. The molecule has 1 aromatic heterocycles. The zero-order chi connectivity index (χ0) is 10.3. The Hall–Kier alpha value is -0.410. The summed E-state index contributed by atoms with van der Waals surface area (Å²) in [6, 6.07) is 2.05. The Labute approximate surface area is 94.8 Å². The molecule has 15 heavy (non-hydrogen) atoms. The Kier molecular flexibility index (Phi) is 2.53. The van der Waals surface area contributed by atoms with Crippen LogP contribution in [0.1, 0.15) is 11.3 Å². The van der Waals surface area contributed by atoms with Crippen LogP contribution in [-0.2, 0) is 5.75 Å². The monoisotopic (exact) mass is 223 g/mol. The minimum atomic E-state index is 0.992. The minimum absolute atomic E-state index is 0.992. The standard InChI is InChI=1S/C12H17NOS/c1-8-2-3-14-12(8)7-15-6-11-9-4-13-5-10(9)11/h2-3,9-11,13H,4-7H2,1H3. The first-order valence-corrected chi connectivity index (χ1v) is 6.83. The number of fused-ring (bicyclic) bond motifs is 1. The second-order valence-corrected chi connectivity index (χ2v) is 5.72. The zero-order valence-electron chi connectivity index (χ0n) is 9.03. The van der Waals surface area contributed by atoms with E-state index in [-0.39, 0.29) is 0 Å². The van der Waals surface area contributed by atoms with Gasteiger partial charge in [0, 0.05) is 0 Å². The molecule has 3 rings (SSSR count). The van der Waals surface area contributed by atoms with E-state index in [0.717, 1.165) is 29.3 Å². The van der Waals surface area contributed by atoms with E-state index in [1.807, 2.05) is 17.8 Å². The fraction of sp³-hybridized carbons (Fsp3) is 0.667. The van der Waals surface area contributed by atoms with Crippen molar-refractivity contribution in [2.24, 2.45) is 17.8 Å². The Morgan fingerprint density at radius 1 is 1.47 bits per heavy atom. The minimum Gasteiger partial charge on any atom is -0.468 e. The van der Waals surface area contributed by atoms with Gasteiger partial charge >= 0.3 is 0 Å². The average molecular weight is 223 g/mol. The maximum Gasteiger partial charge on any atom is 0.116 e. The van der Waals surface area contributed by atoms with Gasteiger partial charge in [0.05, 0.1) is 12.0 Å². The zero-order valence-corrected chi connectivity index (χ0v) is 9.85. The molecule has 2 atom stereocenters. The highest BCUT2D eigenvalue weighted by Gasteiger charge is 2.52. The van der Waals surface area contributed by atoms with E-state index in [1.165, 1.54) is 24.4 Å². The second kappa shape index (κ2) is 3.87. The summed E-state index contributed by atoms with van der Waals surface area (Å²) in [4.78, 5) is 0. The number of furan rings is 1. The van der Waals surface area contributed by atoms with Gasteiger partial charge in [-0.2, -0.15) is 11.8 Å². The summed E-state index contributed by atoms with van der Waals surface area (Å²) in [7, 11) is 0. The molecule has 0 aromatic carbocycles. The number of rotatable bonds is 4. The van der Waals surface area contributed by atoms with Gasteiger partial charge in [-0.25, -0.2) is 0 Å². The van der Waals surface area contributed by atoms with Crippen LogP contribution in [0.3, 0.4) is 0 Å². The summed E-state index contributed by atoms with van der Waals surface area (Å²) < 4.78 is 5.43. The predicted octanol–water partition coefficient (Wildman–Crippen LogP) is 2.29. The molecule has 0 bridgehead atoms. The van der Waals surface area contributed by atoms with Crippen molar-refractivity contribution < 1.29 is 4.42 Å². The number of nitrogens with one attached hydrogen (secondary N) is 1. The van der Waals surface area contributed by atoms with Crippen LogP contribution in [0.2, 0.25) is 0 Å². The molecule has 2 fully saturated rings. The Morgan fingerprint density at radius 2 is 2.27 bits per heavy atom. The van der Waals surface area contributed by atoms with Crippen molar-refractivity contribution in [2.45, 2.75) is 12.7 Å². The average Bonchev–Trinajstić information content (AvgIpc) is 2.66. The van der Waals surface area contributed by atoms with Gasteiger partial charge in [0.25, 0.3) is 0 Å². The molecule has 2 unspecified atom stereocenters. The van der Waals surface area contributed by atoms with Crippen LogP contribution in [-0.4, -0.2) is 18.8 Å². The van der Waals surface area contributed by atoms with Crippen molar-refractivity contribution in [2.75, 3.05) is 18.8 Å². The Balaban J connectivity index is 1.43. The highest BCUT2D eigenvalue weighted by atomic mass is 32.2. The lowest BCUT2D eigenvalue weighted by molar-refractivity contribution is 0.527. The molecule has 82 valence electrons. The highest BCUT2D eigenvalue weighted by molar-refractivity contribution is 7.98. The van der Waals surface area contributed by atoms with E-state index in [4.69, 9.17) is 4.42 Å². The van der Waals surface area contributed by atoms with Crippen molar-refractivity contribution in [3.05, 3.63) is 23.7 Å². The quantitative estimate of drug-likeness (QED) is 0.848. The molecule has 0 amide bonds.